The van der Waals surface area contributed by atoms with E-state index in [1.807, 2.05) is 0 Å². The molecular weight excluding hydrogens is 226 g/mol. The molecule has 0 aliphatic heterocycles. The van der Waals surface area contributed by atoms with Gasteiger partial charge in [0.15, 0.2) is 0 Å². The van der Waals surface area contributed by atoms with Crippen molar-refractivity contribution in [2.75, 3.05) is 24.8 Å². The van der Waals surface area contributed by atoms with E-state index >= 15 is 0 Å². The van der Waals surface area contributed by atoms with Gasteiger partial charge in [-0.15, -0.1) is 11.6 Å². The molecule has 0 fully saturated rings. The third-order valence-corrected chi connectivity index (χ3v) is 3.55. The second-order valence-electron chi connectivity index (χ2n) is 3.04. The first-order valence-electron chi connectivity index (χ1n) is 4.76. The summed E-state index contributed by atoms with van der Waals surface area (Å²) in [6.45, 7) is 0.669. The second kappa shape index (κ2) is 8.47. The lowest BCUT2D eigenvalue weighted by Crippen LogP contribution is -2.27. The topological polar surface area (TPSA) is 66.4 Å². The molecule has 0 aliphatic rings. The Morgan fingerprint density at radius 2 is 1.79 bits per heavy atom. The normalized spacial score (nSPS) is 11.9. The quantitative estimate of drug-likeness (QED) is 0.463. The molecule has 6 heteroatoms. The highest BCUT2D eigenvalue weighted by Gasteiger charge is 2.06. The molecule has 0 bridgehead atoms. The van der Waals surface area contributed by atoms with Crippen LogP contribution >= 0.6 is 11.6 Å². The van der Waals surface area contributed by atoms with Gasteiger partial charge in [-0.1, -0.05) is 12.8 Å². The largest absolute Gasteiger partial charge is 0.396 e. The van der Waals surface area contributed by atoms with E-state index in [1.165, 1.54) is 0 Å². The predicted octanol–water partition coefficient (Wildman–Crippen LogP) is 0.697. The number of halogens is 1. The summed E-state index contributed by atoms with van der Waals surface area (Å²) in [4.78, 5) is 0. The molecule has 0 atom stereocenters. The number of aliphatic hydroxyl groups is 1. The zero-order chi connectivity index (χ0) is 10.9. The van der Waals surface area contributed by atoms with E-state index in [0.29, 0.717) is 6.54 Å². The second-order valence-corrected chi connectivity index (χ2v) is 5.34. The lowest BCUT2D eigenvalue weighted by molar-refractivity contribution is 0.282. The molecule has 0 aliphatic carbocycles. The molecule has 0 aromatic rings. The smallest absolute Gasteiger partial charge is 0.212 e. The van der Waals surface area contributed by atoms with Crippen LogP contribution in [0.4, 0.5) is 0 Å². The van der Waals surface area contributed by atoms with Gasteiger partial charge in [-0.05, 0) is 12.8 Å². The van der Waals surface area contributed by atoms with Crippen molar-refractivity contribution in [1.82, 2.24) is 4.72 Å². The van der Waals surface area contributed by atoms with Crippen molar-refractivity contribution >= 4 is 21.6 Å². The number of sulfonamides is 1. The van der Waals surface area contributed by atoms with E-state index in [4.69, 9.17) is 16.7 Å². The van der Waals surface area contributed by atoms with Gasteiger partial charge in [0.25, 0.3) is 0 Å². The number of hydrogen-bond acceptors (Lipinski definition) is 3. The van der Waals surface area contributed by atoms with E-state index < -0.39 is 10.0 Å². The van der Waals surface area contributed by atoms with Crippen LogP contribution in [0.5, 0.6) is 0 Å². The first kappa shape index (κ1) is 14.2. The van der Waals surface area contributed by atoms with Crippen LogP contribution in [0.1, 0.15) is 25.7 Å². The van der Waals surface area contributed by atoms with Crippen LogP contribution < -0.4 is 4.72 Å². The van der Waals surface area contributed by atoms with Crippen LogP contribution in [0, 0.1) is 0 Å². The molecule has 0 saturated carbocycles. The van der Waals surface area contributed by atoms with Crippen LogP contribution in [0.25, 0.3) is 0 Å². The summed E-state index contributed by atoms with van der Waals surface area (Å²) in [7, 11) is -3.16. The van der Waals surface area contributed by atoms with E-state index in [9.17, 15) is 8.42 Å². The maximum absolute atomic E-state index is 11.1. The van der Waals surface area contributed by atoms with Crippen LogP contribution in [0.15, 0.2) is 0 Å². The number of alkyl halides is 1. The first-order chi connectivity index (χ1) is 6.62. The Morgan fingerprint density at radius 3 is 2.36 bits per heavy atom. The standard InChI is InChI=1S/C8H18ClNO3S/c9-5-8-14(12,13)10-6-3-1-2-4-7-11/h10-11H,1-8H2. The van der Waals surface area contributed by atoms with Gasteiger partial charge in [-0.25, -0.2) is 13.1 Å². The fourth-order valence-corrected chi connectivity index (χ4v) is 2.40. The van der Waals surface area contributed by atoms with Gasteiger partial charge in [0, 0.05) is 19.0 Å². The average molecular weight is 244 g/mol. The molecule has 0 spiro atoms. The lowest BCUT2D eigenvalue weighted by Gasteiger charge is -2.04. The molecule has 0 saturated heterocycles. The van der Waals surface area contributed by atoms with Gasteiger partial charge in [0.05, 0.1) is 5.75 Å². The molecule has 0 heterocycles. The third-order valence-electron chi connectivity index (χ3n) is 1.75. The van der Waals surface area contributed by atoms with Crippen molar-refractivity contribution < 1.29 is 13.5 Å². The fourth-order valence-electron chi connectivity index (χ4n) is 0.992. The molecule has 0 amide bonds. The Balaban J connectivity index is 3.35. The maximum Gasteiger partial charge on any atom is 0.212 e. The minimum absolute atomic E-state index is 0.0226. The average Bonchev–Trinajstić information content (AvgIpc) is 2.11. The van der Waals surface area contributed by atoms with Crippen molar-refractivity contribution in [3.05, 3.63) is 0 Å². The number of rotatable bonds is 9. The molecule has 2 N–H and O–H groups in total. The first-order valence-corrected chi connectivity index (χ1v) is 6.95. The summed E-state index contributed by atoms with van der Waals surface area (Å²) in [5.41, 5.74) is 0. The Kier molecular flexibility index (Phi) is 8.56. The zero-order valence-electron chi connectivity index (χ0n) is 8.21. The molecule has 0 aromatic heterocycles. The summed E-state index contributed by atoms with van der Waals surface area (Å²) >= 11 is 5.32. The van der Waals surface area contributed by atoms with Gasteiger partial charge in [-0.3, -0.25) is 0 Å². The fraction of sp³-hybridized carbons (Fsp3) is 1.00. The molecule has 0 aromatic carbocycles. The van der Waals surface area contributed by atoms with Gasteiger partial charge < -0.3 is 5.11 Å². The predicted molar refractivity (Wildman–Crippen MR) is 58.1 cm³/mol. The summed E-state index contributed by atoms with van der Waals surface area (Å²) in [5.74, 6) is 0.102. The molecule has 4 nitrogen and oxygen atoms in total. The minimum atomic E-state index is -3.16. The van der Waals surface area contributed by atoms with Crippen LogP contribution in [0.2, 0.25) is 0 Å². The Morgan fingerprint density at radius 1 is 1.14 bits per heavy atom. The van der Waals surface area contributed by atoms with Crippen molar-refractivity contribution in [1.29, 1.82) is 0 Å². The van der Waals surface area contributed by atoms with Crippen LogP contribution in [0.3, 0.4) is 0 Å². The minimum Gasteiger partial charge on any atom is -0.396 e. The highest BCUT2D eigenvalue weighted by Crippen LogP contribution is 1.98. The summed E-state index contributed by atoms with van der Waals surface area (Å²) in [5, 5.41) is 8.50. The Hall–Kier alpha value is 0.160. The number of hydrogen-bond donors (Lipinski definition) is 2. The van der Waals surface area contributed by atoms with E-state index in [-0.39, 0.29) is 18.2 Å². The molecule has 14 heavy (non-hydrogen) atoms. The SMILES string of the molecule is O=S(=O)(CCCl)NCCCCCCO. The number of aliphatic hydroxyl groups excluding tert-OH is 1. The van der Waals surface area contributed by atoms with E-state index in [2.05, 4.69) is 4.72 Å². The number of nitrogens with one attached hydrogen (secondary N) is 1. The van der Waals surface area contributed by atoms with Gasteiger partial charge in [-0.2, -0.15) is 0 Å². The molecule has 0 rings (SSSR count). The Labute approximate surface area is 90.7 Å². The van der Waals surface area contributed by atoms with Crippen molar-refractivity contribution in [3.8, 4) is 0 Å². The molecular formula is C8H18ClNO3S. The van der Waals surface area contributed by atoms with Crippen LogP contribution in [-0.2, 0) is 10.0 Å². The molecule has 86 valence electrons. The van der Waals surface area contributed by atoms with E-state index in [0.717, 1.165) is 25.7 Å². The number of unbranched alkanes of at least 4 members (excludes halogenated alkanes) is 3. The van der Waals surface area contributed by atoms with Gasteiger partial charge in [0.1, 0.15) is 0 Å². The third kappa shape index (κ3) is 8.74. The highest BCUT2D eigenvalue weighted by molar-refractivity contribution is 7.89. The monoisotopic (exact) mass is 243 g/mol. The highest BCUT2D eigenvalue weighted by atomic mass is 35.5. The van der Waals surface area contributed by atoms with Crippen LogP contribution in [-0.4, -0.2) is 38.3 Å². The van der Waals surface area contributed by atoms with Crippen molar-refractivity contribution in [2.24, 2.45) is 0 Å². The maximum atomic E-state index is 11.1. The summed E-state index contributed by atoms with van der Waals surface area (Å²) in [6, 6.07) is 0. The lowest BCUT2D eigenvalue weighted by atomic mass is 10.2. The van der Waals surface area contributed by atoms with E-state index in [1.54, 1.807) is 0 Å². The van der Waals surface area contributed by atoms with Gasteiger partial charge in [0.2, 0.25) is 10.0 Å². The Bertz CT molecular complexity index is 219. The van der Waals surface area contributed by atoms with Crippen molar-refractivity contribution in [2.45, 2.75) is 25.7 Å². The summed E-state index contributed by atoms with van der Waals surface area (Å²) in [6.07, 6.45) is 3.47. The molecule has 0 unspecified atom stereocenters. The van der Waals surface area contributed by atoms with Gasteiger partial charge >= 0.3 is 0 Å². The molecule has 0 radical (unpaired) electrons. The summed E-state index contributed by atoms with van der Waals surface area (Å²) < 4.78 is 24.6. The van der Waals surface area contributed by atoms with Crippen molar-refractivity contribution in [3.63, 3.8) is 0 Å². The zero-order valence-corrected chi connectivity index (χ0v) is 9.78.